The summed E-state index contributed by atoms with van der Waals surface area (Å²) in [6, 6.07) is 15.1. The van der Waals surface area contributed by atoms with Crippen LogP contribution in [0.4, 0.5) is 13.2 Å². The second-order valence-electron chi connectivity index (χ2n) is 10.3. The smallest absolute Gasteiger partial charge is 0.405 e. The number of para-hydroxylation sites is 1. The average molecular weight is 577 g/mol. The molecule has 2 bridgehead atoms. The van der Waals surface area contributed by atoms with Gasteiger partial charge in [0.1, 0.15) is 17.2 Å². The molecule has 2 aliphatic heterocycles. The fraction of sp³-hybridized carbons (Fsp3) is 0.464. The number of rotatable bonds is 8. The molecule has 0 N–H and O–H groups in total. The summed E-state index contributed by atoms with van der Waals surface area (Å²) in [4.78, 5) is 2.49. The van der Waals surface area contributed by atoms with Gasteiger partial charge in [-0.1, -0.05) is 45.4 Å². The third-order valence-corrected chi connectivity index (χ3v) is 8.24. The van der Waals surface area contributed by atoms with Crippen LogP contribution >= 0.6 is 15.9 Å². The van der Waals surface area contributed by atoms with Gasteiger partial charge in [-0.05, 0) is 68.4 Å². The van der Waals surface area contributed by atoms with Crippen molar-refractivity contribution in [1.29, 1.82) is 0 Å². The van der Waals surface area contributed by atoms with Crippen molar-refractivity contribution in [3.05, 3.63) is 69.9 Å². The summed E-state index contributed by atoms with van der Waals surface area (Å²) in [5.41, 5.74) is 2.81. The number of piperidine rings is 1. The molecule has 9 heteroatoms. The molecule has 3 fully saturated rings. The molecule has 1 aliphatic carbocycles. The van der Waals surface area contributed by atoms with Crippen LogP contribution < -0.4 is 4.74 Å². The van der Waals surface area contributed by atoms with Crippen LogP contribution in [0.3, 0.4) is 0 Å². The highest BCUT2D eigenvalue weighted by Gasteiger charge is 2.43. The van der Waals surface area contributed by atoms with Gasteiger partial charge < -0.3 is 14.0 Å². The highest BCUT2D eigenvalue weighted by atomic mass is 79.9. The number of halogens is 4. The molecule has 3 aliphatic rings. The number of benzene rings is 2. The van der Waals surface area contributed by atoms with Crippen molar-refractivity contribution in [3.63, 3.8) is 0 Å². The first-order valence-electron chi connectivity index (χ1n) is 12.8. The highest BCUT2D eigenvalue weighted by molar-refractivity contribution is 9.10. The molecule has 2 unspecified atom stereocenters. The minimum absolute atomic E-state index is 0.197. The van der Waals surface area contributed by atoms with Crippen LogP contribution in [0.15, 0.2) is 57.5 Å². The van der Waals surface area contributed by atoms with Crippen LogP contribution in [0, 0.1) is 0 Å². The lowest BCUT2D eigenvalue weighted by Crippen LogP contribution is -2.45. The van der Waals surface area contributed by atoms with Crippen molar-refractivity contribution < 1.29 is 27.2 Å². The minimum atomic E-state index is -4.78. The van der Waals surface area contributed by atoms with E-state index in [-0.39, 0.29) is 17.8 Å². The first-order valence-corrected chi connectivity index (χ1v) is 13.6. The Morgan fingerprint density at radius 2 is 1.68 bits per heavy atom. The van der Waals surface area contributed by atoms with Gasteiger partial charge in [0, 0.05) is 40.1 Å². The van der Waals surface area contributed by atoms with E-state index in [0.717, 1.165) is 59.9 Å². The Hall–Kier alpha value is -2.36. The Bertz CT molecular complexity index is 1230. The van der Waals surface area contributed by atoms with Crippen LogP contribution in [0.1, 0.15) is 61.3 Å². The standard InChI is InChI=1S/C28H28BrF3N2O3/c29-19-9-5-17(6-10-19)16-35-22-13-20-11-12-21(14-22)34(20)15-24-26(33-37-27(24)18-7-8-18)23-3-1-2-4-25(23)36-28(30,31)32/h1-6,9-10,18,20-22H,7-8,11-16H2. The van der Waals surface area contributed by atoms with Gasteiger partial charge in [0.2, 0.25) is 0 Å². The Balaban J connectivity index is 1.20. The maximum atomic E-state index is 13.1. The van der Waals surface area contributed by atoms with Gasteiger partial charge in [-0.3, -0.25) is 4.90 Å². The zero-order valence-corrected chi connectivity index (χ0v) is 21.8. The van der Waals surface area contributed by atoms with Crippen molar-refractivity contribution in [1.82, 2.24) is 10.1 Å². The van der Waals surface area contributed by atoms with Crippen molar-refractivity contribution in [2.75, 3.05) is 0 Å². The zero-order chi connectivity index (χ0) is 25.6. The fourth-order valence-electron chi connectivity index (χ4n) is 5.82. The van der Waals surface area contributed by atoms with Crippen molar-refractivity contribution >= 4 is 15.9 Å². The van der Waals surface area contributed by atoms with E-state index in [0.29, 0.717) is 36.5 Å². The van der Waals surface area contributed by atoms with Gasteiger partial charge in [0.25, 0.3) is 0 Å². The summed E-state index contributed by atoms with van der Waals surface area (Å²) in [6.45, 7) is 1.20. The first kappa shape index (κ1) is 24.9. The molecule has 2 atom stereocenters. The summed E-state index contributed by atoms with van der Waals surface area (Å²) in [6.07, 6.45) is 1.52. The number of hydrogen-bond acceptors (Lipinski definition) is 5. The van der Waals surface area contributed by atoms with E-state index in [1.54, 1.807) is 12.1 Å². The van der Waals surface area contributed by atoms with E-state index in [9.17, 15) is 13.2 Å². The summed E-state index contributed by atoms with van der Waals surface area (Å²) in [5.74, 6) is 0.844. The van der Waals surface area contributed by atoms with Crippen LogP contribution in [0.25, 0.3) is 11.3 Å². The molecule has 6 rings (SSSR count). The lowest BCUT2D eigenvalue weighted by Gasteiger charge is -2.39. The van der Waals surface area contributed by atoms with Gasteiger partial charge >= 0.3 is 6.36 Å². The van der Waals surface area contributed by atoms with E-state index in [2.05, 4.69) is 42.9 Å². The topological polar surface area (TPSA) is 47.7 Å². The number of nitrogens with zero attached hydrogens (tertiary/aromatic N) is 2. The van der Waals surface area contributed by atoms with E-state index in [4.69, 9.17) is 9.26 Å². The molecule has 3 heterocycles. The van der Waals surface area contributed by atoms with E-state index in [1.165, 1.54) is 12.1 Å². The Morgan fingerprint density at radius 3 is 2.35 bits per heavy atom. The first-order chi connectivity index (χ1) is 17.8. The summed E-state index contributed by atoms with van der Waals surface area (Å²) in [7, 11) is 0. The molecule has 5 nitrogen and oxygen atoms in total. The summed E-state index contributed by atoms with van der Waals surface area (Å²) >= 11 is 3.47. The van der Waals surface area contributed by atoms with Crippen LogP contribution in [-0.4, -0.2) is 34.6 Å². The molecule has 0 radical (unpaired) electrons. The van der Waals surface area contributed by atoms with Crippen LogP contribution in [-0.2, 0) is 17.9 Å². The molecule has 0 spiro atoms. The summed E-state index contributed by atoms with van der Waals surface area (Å²) < 4.78 is 56.8. The van der Waals surface area contributed by atoms with Crippen molar-refractivity contribution in [2.24, 2.45) is 0 Å². The normalized spacial score (nSPS) is 23.9. The van der Waals surface area contributed by atoms with Crippen LogP contribution in [0.5, 0.6) is 5.75 Å². The highest BCUT2D eigenvalue weighted by Crippen LogP contribution is 2.47. The number of aromatic nitrogens is 1. The third-order valence-electron chi connectivity index (χ3n) is 7.72. The van der Waals surface area contributed by atoms with E-state index >= 15 is 0 Å². The lowest BCUT2D eigenvalue weighted by atomic mass is 9.96. The molecular weight excluding hydrogens is 549 g/mol. The van der Waals surface area contributed by atoms with Crippen molar-refractivity contribution in [3.8, 4) is 17.0 Å². The molecule has 2 aromatic carbocycles. The predicted molar refractivity (Wildman–Crippen MR) is 135 cm³/mol. The fourth-order valence-corrected chi connectivity index (χ4v) is 6.09. The van der Waals surface area contributed by atoms with Crippen molar-refractivity contribution in [2.45, 2.75) is 82.1 Å². The SMILES string of the molecule is FC(F)(F)Oc1ccccc1-c1noc(C2CC2)c1CN1C2CCC1CC(OCc1ccc(Br)cc1)C2. The molecular formula is C28H28BrF3N2O3. The molecule has 1 saturated carbocycles. The Kier molecular flexibility index (Phi) is 6.79. The quantitative estimate of drug-likeness (QED) is 0.276. The van der Waals surface area contributed by atoms with Gasteiger partial charge in [-0.2, -0.15) is 0 Å². The third kappa shape index (κ3) is 5.59. The number of alkyl halides is 3. The van der Waals surface area contributed by atoms with E-state index < -0.39 is 6.36 Å². The predicted octanol–water partition coefficient (Wildman–Crippen LogP) is 7.59. The Morgan fingerprint density at radius 1 is 0.973 bits per heavy atom. The number of hydrogen-bond donors (Lipinski definition) is 0. The summed E-state index contributed by atoms with van der Waals surface area (Å²) in [5, 5.41) is 4.28. The van der Waals surface area contributed by atoms with Gasteiger partial charge in [0.15, 0.2) is 0 Å². The molecule has 2 saturated heterocycles. The largest absolute Gasteiger partial charge is 0.573 e. The molecule has 196 valence electrons. The average Bonchev–Trinajstić information content (AvgIpc) is 3.58. The molecule has 3 aromatic rings. The lowest BCUT2D eigenvalue weighted by molar-refractivity contribution is -0.274. The second-order valence-corrected chi connectivity index (χ2v) is 11.2. The maximum absolute atomic E-state index is 13.1. The minimum Gasteiger partial charge on any atom is -0.405 e. The monoisotopic (exact) mass is 576 g/mol. The van der Waals surface area contributed by atoms with Crippen LogP contribution in [0.2, 0.25) is 0 Å². The number of ether oxygens (including phenoxy) is 2. The molecule has 1 aromatic heterocycles. The van der Waals surface area contributed by atoms with Gasteiger partial charge in [-0.25, -0.2) is 0 Å². The Labute approximate surface area is 222 Å². The van der Waals surface area contributed by atoms with Gasteiger partial charge in [-0.15, -0.1) is 13.2 Å². The van der Waals surface area contributed by atoms with Gasteiger partial charge in [0.05, 0.1) is 12.7 Å². The number of fused-ring (bicyclic) bond motifs is 2. The van der Waals surface area contributed by atoms with E-state index in [1.807, 2.05) is 12.1 Å². The molecule has 0 amide bonds. The molecule has 37 heavy (non-hydrogen) atoms. The zero-order valence-electron chi connectivity index (χ0n) is 20.2. The maximum Gasteiger partial charge on any atom is 0.573 e. The second kappa shape index (κ2) is 10.1.